The fourth-order valence-corrected chi connectivity index (χ4v) is 3.03. The number of rotatable bonds is 4. The highest BCUT2D eigenvalue weighted by Gasteiger charge is 2.18. The van der Waals surface area contributed by atoms with Gasteiger partial charge in [-0.25, -0.2) is 0 Å². The van der Waals surface area contributed by atoms with Crippen LogP contribution in [-0.4, -0.2) is 44.3 Å². The maximum Gasteiger partial charge on any atom is 0.0594 e. The van der Waals surface area contributed by atoms with Crippen LogP contribution in [0.15, 0.2) is 12.1 Å². The third-order valence-corrected chi connectivity index (χ3v) is 4.19. The van der Waals surface area contributed by atoms with Gasteiger partial charge in [-0.3, -0.25) is 4.90 Å². The fourth-order valence-electron chi connectivity index (χ4n) is 2.05. The predicted molar refractivity (Wildman–Crippen MR) is 68.1 cm³/mol. The molecule has 0 aliphatic carbocycles. The van der Waals surface area contributed by atoms with Gasteiger partial charge >= 0.3 is 0 Å². The molecule has 1 aliphatic rings. The number of nitrogens with zero attached hydrogens (tertiary/aromatic N) is 1. The number of nitrogens with two attached hydrogens (primary N) is 1. The monoisotopic (exact) mass is 240 g/mol. The molecule has 2 heterocycles. The highest BCUT2D eigenvalue weighted by Crippen LogP contribution is 2.24. The van der Waals surface area contributed by atoms with Gasteiger partial charge in [-0.05, 0) is 19.1 Å². The number of thiophene rings is 1. The average molecular weight is 240 g/mol. The van der Waals surface area contributed by atoms with Crippen molar-refractivity contribution in [2.24, 2.45) is 5.73 Å². The molecule has 0 aromatic carbocycles. The summed E-state index contributed by atoms with van der Waals surface area (Å²) in [7, 11) is 0. The van der Waals surface area contributed by atoms with Gasteiger partial charge in [-0.1, -0.05) is 0 Å². The molecule has 1 atom stereocenters. The van der Waals surface area contributed by atoms with E-state index in [2.05, 4.69) is 24.0 Å². The van der Waals surface area contributed by atoms with E-state index in [1.807, 2.05) is 11.3 Å². The lowest BCUT2D eigenvalue weighted by Gasteiger charge is -2.29. The Labute approximate surface area is 101 Å². The van der Waals surface area contributed by atoms with Gasteiger partial charge in [-0.2, -0.15) is 0 Å². The molecule has 3 nitrogen and oxygen atoms in total. The van der Waals surface area contributed by atoms with Crippen LogP contribution >= 0.6 is 11.3 Å². The van der Waals surface area contributed by atoms with Crippen LogP contribution in [0.2, 0.25) is 0 Å². The van der Waals surface area contributed by atoms with Crippen molar-refractivity contribution in [3.05, 3.63) is 21.9 Å². The van der Waals surface area contributed by atoms with Gasteiger partial charge in [-0.15, -0.1) is 11.3 Å². The summed E-state index contributed by atoms with van der Waals surface area (Å²) < 4.78 is 5.35. The van der Waals surface area contributed by atoms with E-state index in [0.717, 1.165) is 39.4 Å². The topological polar surface area (TPSA) is 38.5 Å². The van der Waals surface area contributed by atoms with E-state index < -0.39 is 0 Å². The minimum absolute atomic E-state index is 0.483. The molecule has 1 saturated heterocycles. The first kappa shape index (κ1) is 12.0. The van der Waals surface area contributed by atoms with Crippen molar-refractivity contribution in [2.75, 3.05) is 39.4 Å². The Morgan fingerprint density at radius 3 is 2.75 bits per heavy atom. The summed E-state index contributed by atoms with van der Waals surface area (Å²) in [5.41, 5.74) is 5.88. The molecule has 0 amide bonds. The molecule has 16 heavy (non-hydrogen) atoms. The van der Waals surface area contributed by atoms with E-state index >= 15 is 0 Å². The van der Waals surface area contributed by atoms with E-state index in [1.54, 1.807) is 0 Å². The molecule has 2 rings (SSSR count). The fraction of sp³-hybridized carbons (Fsp3) is 0.667. The molecule has 1 aromatic rings. The van der Waals surface area contributed by atoms with Gasteiger partial charge < -0.3 is 10.5 Å². The maximum absolute atomic E-state index is 5.88. The largest absolute Gasteiger partial charge is 0.379 e. The molecule has 1 fully saturated rings. The van der Waals surface area contributed by atoms with Crippen LogP contribution in [-0.2, 0) is 4.74 Å². The van der Waals surface area contributed by atoms with Gasteiger partial charge in [0.05, 0.1) is 13.2 Å². The molecular formula is C12H20N2OS. The Balaban J connectivity index is 1.94. The van der Waals surface area contributed by atoms with E-state index in [-0.39, 0.29) is 0 Å². The highest BCUT2D eigenvalue weighted by atomic mass is 32.1. The second kappa shape index (κ2) is 5.77. The first-order valence-corrected chi connectivity index (χ1v) is 6.67. The van der Waals surface area contributed by atoms with Crippen LogP contribution in [0.5, 0.6) is 0 Å². The Kier molecular flexibility index (Phi) is 4.35. The standard InChI is InChI=1S/C12H20N2OS/c1-10-2-3-12(16-10)11(8-13)9-14-4-6-15-7-5-14/h2-3,11H,4-9,13H2,1H3. The third kappa shape index (κ3) is 3.04. The molecule has 0 spiro atoms. The van der Waals surface area contributed by atoms with E-state index in [4.69, 9.17) is 10.5 Å². The highest BCUT2D eigenvalue weighted by molar-refractivity contribution is 7.12. The smallest absolute Gasteiger partial charge is 0.0594 e. The number of hydrogen-bond acceptors (Lipinski definition) is 4. The SMILES string of the molecule is Cc1ccc(C(CN)CN2CCOCC2)s1. The first-order chi connectivity index (χ1) is 7.79. The zero-order valence-electron chi connectivity index (χ0n) is 9.82. The van der Waals surface area contributed by atoms with Gasteiger partial charge in [0.2, 0.25) is 0 Å². The van der Waals surface area contributed by atoms with Crippen molar-refractivity contribution >= 4 is 11.3 Å². The van der Waals surface area contributed by atoms with Gasteiger partial charge in [0.25, 0.3) is 0 Å². The minimum Gasteiger partial charge on any atom is -0.379 e. The molecule has 4 heteroatoms. The summed E-state index contributed by atoms with van der Waals surface area (Å²) in [6, 6.07) is 4.40. The van der Waals surface area contributed by atoms with Crippen molar-refractivity contribution in [1.82, 2.24) is 4.90 Å². The van der Waals surface area contributed by atoms with Gasteiger partial charge in [0, 0.05) is 41.9 Å². The Morgan fingerprint density at radius 2 is 2.19 bits per heavy atom. The van der Waals surface area contributed by atoms with Crippen LogP contribution in [0.4, 0.5) is 0 Å². The number of hydrogen-bond donors (Lipinski definition) is 1. The van der Waals surface area contributed by atoms with Crippen molar-refractivity contribution < 1.29 is 4.74 Å². The molecule has 1 aliphatic heterocycles. The second-order valence-electron chi connectivity index (χ2n) is 4.29. The summed E-state index contributed by atoms with van der Waals surface area (Å²) in [5, 5.41) is 0. The summed E-state index contributed by atoms with van der Waals surface area (Å²) in [4.78, 5) is 5.25. The van der Waals surface area contributed by atoms with Crippen molar-refractivity contribution in [1.29, 1.82) is 0 Å². The first-order valence-electron chi connectivity index (χ1n) is 5.86. The molecule has 90 valence electrons. The quantitative estimate of drug-likeness (QED) is 0.865. The summed E-state index contributed by atoms with van der Waals surface area (Å²) >= 11 is 1.87. The van der Waals surface area contributed by atoms with Crippen LogP contribution in [0.1, 0.15) is 15.7 Å². The summed E-state index contributed by atoms with van der Waals surface area (Å²) in [5.74, 6) is 0.483. The summed E-state index contributed by atoms with van der Waals surface area (Å²) in [6.45, 7) is 7.76. The normalized spacial score (nSPS) is 19.9. The van der Waals surface area contributed by atoms with E-state index in [1.165, 1.54) is 9.75 Å². The number of ether oxygens (including phenoxy) is 1. The second-order valence-corrected chi connectivity index (χ2v) is 5.61. The van der Waals surface area contributed by atoms with Crippen molar-refractivity contribution in [2.45, 2.75) is 12.8 Å². The Bertz CT molecular complexity index is 321. The Hall–Kier alpha value is -0.420. The molecule has 0 bridgehead atoms. The minimum atomic E-state index is 0.483. The average Bonchev–Trinajstić information content (AvgIpc) is 2.74. The van der Waals surface area contributed by atoms with Crippen molar-refractivity contribution in [3.8, 4) is 0 Å². The number of morpholine rings is 1. The molecule has 1 aromatic heterocycles. The zero-order chi connectivity index (χ0) is 11.4. The predicted octanol–water partition coefficient (Wildman–Crippen LogP) is 1.43. The van der Waals surface area contributed by atoms with Crippen molar-refractivity contribution in [3.63, 3.8) is 0 Å². The lowest BCUT2D eigenvalue weighted by atomic mass is 10.1. The molecular weight excluding hydrogens is 220 g/mol. The van der Waals surface area contributed by atoms with Crippen LogP contribution in [0, 0.1) is 6.92 Å². The zero-order valence-corrected chi connectivity index (χ0v) is 10.6. The lowest BCUT2D eigenvalue weighted by molar-refractivity contribution is 0.0355. The number of aryl methyl sites for hydroxylation is 1. The maximum atomic E-state index is 5.88. The molecule has 2 N–H and O–H groups in total. The van der Waals surface area contributed by atoms with Crippen LogP contribution in [0.3, 0.4) is 0 Å². The molecule has 0 radical (unpaired) electrons. The van der Waals surface area contributed by atoms with Gasteiger partial charge in [0.1, 0.15) is 0 Å². The lowest BCUT2D eigenvalue weighted by Crippen LogP contribution is -2.40. The molecule has 1 unspecified atom stereocenters. The van der Waals surface area contributed by atoms with E-state index in [9.17, 15) is 0 Å². The summed E-state index contributed by atoms with van der Waals surface area (Å²) in [6.07, 6.45) is 0. The third-order valence-electron chi connectivity index (χ3n) is 3.03. The van der Waals surface area contributed by atoms with Crippen LogP contribution in [0.25, 0.3) is 0 Å². The van der Waals surface area contributed by atoms with Gasteiger partial charge in [0.15, 0.2) is 0 Å². The van der Waals surface area contributed by atoms with E-state index in [0.29, 0.717) is 5.92 Å². The Morgan fingerprint density at radius 1 is 1.44 bits per heavy atom. The van der Waals surface area contributed by atoms with Crippen LogP contribution < -0.4 is 5.73 Å². The molecule has 0 saturated carbocycles.